The lowest BCUT2D eigenvalue weighted by Gasteiger charge is -2.30. The van der Waals surface area contributed by atoms with Gasteiger partial charge in [0, 0.05) is 49.3 Å². The van der Waals surface area contributed by atoms with E-state index in [9.17, 15) is 9.59 Å². The number of benzene rings is 2. The van der Waals surface area contributed by atoms with Gasteiger partial charge in [-0.2, -0.15) is 0 Å². The third-order valence-corrected chi connectivity index (χ3v) is 6.25. The number of carbonyl (C=O) groups excluding carboxylic acids is 2. The second kappa shape index (κ2) is 8.47. The molecule has 5 rings (SSSR count). The summed E-state index contributed by atoms with van der Waals surface area (Å²) in [7, 11) is 0. The minimum atomic E-state index is -0.0383. The fourth-order valence-corrected chi connectivity index (χ4v) is 4.52. The van der Waals surface area contributed by atoms with E-state index in [1.54, 1.807) is 12.3 Å². The van der Waals surface area contributed by atoms with Crippen molar-refractivity contribution in [3.8, 4) is 0 Å². The predicted octanol–water partition coefficient (Wildman–Crippen LogP) is 3.20. The number of pyridine rings is 1. The summed E-state index contributed by atoms with van der Waals surface area (Å²) in [5.74, 6) is 0.357. The molecule has 1 unspecified atom stereocenters. The summed E-state index contributed by atoms with van der Waals surface area (Å²) >= 11 is 0. The molecule has 6 heteroatoms. The van der Waals surface area contributed by atoms with Crippen LogP contribution in [0.4, 0.5) is 0 Å². The third kappa shape index (κ3) is 3.91. The van der Waals surface area contributed by atoms with Gasteiger partial charge in [-0.05, 0) is 42.2 Å². The van der Waals surface area contributed by atoms with Gasteiger partial charge in [0.2, 0.25) is 0 Å². The molecule has 1 N–H and O–H groups in total. The summed E-state index contributed by atoms with van der Waals surface area (Å²) in [4.78, 5) is 32.3. The molecule has 0 bridgehead atoms. The number of para-hydroxylation sites is 1. The van der Waals surface area contributed by atoms with Crippen LogP contribution in [0.1, 0.15) is 38.3 Å². The lowest BCUT2D eigenvalue weighted by Crippen LogP contribution is -2.37. The van der Waals surface area contributed by atoms with Crippen molar-refractivity contribution in [2.45, 2.75) is 19.4 Å². The summed E-state index contributed by atoms with van der Waals surface area (Å²) in [6.07, 6.45) is 3.35. The van der Waals surface area contributed by atoms with Gasteiger partial charge in [0.15, 0.2) is 0 Å². The molecular weight excluding hydrogens is 390 g/mol. The van der Waals surface area contributed by atoms with Gasteiger partial charge in [0.05, 0.1) is 17.7 Å². The van der Waals surface area contributed by atoms with Crippen LogP contribution in [0.5, 0.6) is 0 Å². The molecular formula is C25H25N3O3. The van der Waals surface area contributed by atoms with Crippen LogP contribution in [0.2, 0.25) is 0 Å². The lowest BCUT2D eigenvalue weighted by molar-refractivity contribution is 0.0736. The molecule has 2 aliphatic rings. The van der Waals surface area contributed by atoms with Crippen molar-refractivity contribution < 1.29 is 14.3 Å². The molecule has 158 valence electrons. The molecule has 0 saturated carbocycles. The van der Waals surface area contributed by atoms with E-state index < -0.39 is 0 Å². The van der Waals surface area contributed by atoms with E-state index >= 15 is 0 Å². The van der Waals surface area contributed by atoms with Gasteiger partial charge in [-0.1, -0.05) is 30.3 Å². The Kier molecular flexibility index (Phi) is 5.38. The Bertz CT molecular complexity index is 1130. The highest BCUT2D eigenvalue weighted by Gasteiger charge is 2.26. The predicted molar refractivity (Wildman–Crippen MR) is 118 cm³/mol. The van der Waals surface area contributed by atoms with Crippen LogP contribution in [0, 0.1) is 5.92 Å². The quantitative estimate of drug-likeness (QED) is 0.710. The van der Waals surface area contributed by atoms with E-state index in [0.717, 1.165) is 40.6 Å². The largest absolute Gasteiger partial charge is 0.381 e. The highest BCUT2D eigenvalue weighted by Crippen LogP contribution is 2.26. The van der Waals surface area contributed by atoms with E-state index in [-0.39, 0.29) is 11.8 Å². The van der Waals surface area contributed by atoms with Gasteiger partial charge in [0.25, 0.3) is 11.8 Å². The summed E-state index contributed by atoms with van der Waals surface area (Å²) < 4.78 is 5.39. The van der Waals surface area contributed by atoms with Crippen LogP contribution in [-0.4, -0.2) is 48.0 Å². The van der Waals surface area contributed by atoms with Gasteiger partial charge >= 0.3 is 0 Å². The number of nitrogens with zero attached hydrogens (tertiary/aromatic N) is 2. The second-order valence-corrected chi connectivity index (χ2v) is 8.24. The number of ether oxygens (including phenoxy) is 1. The lowest BCUT2D eigenvalue weighted by atomic mass is 9.93. The summed E-state index contributed by atoms with van der Waals surface area (Å²) in [5.41, 5.74) is 4.29. The average Bonchev–Trinajstić information content (AvgIpc) is 3.34. The Morgan fingerprint density at radius 3 is 2.87 bits per heavy atom. The first-order valence-corrected chi connectivity index (χ1v) is 10.8. The van der Waals surface area contributed by atoms with Gasteiger partial charge in [-0.15, -0.1) is 0 Å². The second-order valence-electron chi connectivity index (χ2n) is 8.24. The van der Waals surface area contributed by atoms with E-state index in [2.05, 4.69) is 10.3 Å². The van der Waals surface area contributed by atoms with E-state index in [1.165, 1.54) is 0 Å². The Balaban J connectivity index is 1.34. The fourth-order valence-electron chi connectivity index (χ4n) is 4.52. The first-order chi connectivity index (χ1) is 15.2. The van der Waals surface area contributed by atoms with Crippen LogP contribution < -0.4 is 5.32 Å². The van der Waals surface area contributed by atoms with Gasteiger partial charge < -0.3 is 15.0 Å². The van der Waals surface area contributed by atoms with Gasteiger partial charge in [-0.3, -0.25) is 14.6 Å². The molecule has 1 atom stereocenters. The molecule has 1 fully saturated rings. The summed E-state index contributed by atoms with van der Waals surface area (Å²) in [6.45, 7) is 3.22. The third-order valence-electron chi connectivity index (χ3n) is 6.25. The van der Waals surface area contributed by atoms with Crippen molar-refractivity contribution in [3.05, 3.63) is 77.0 Å². The van der Waals surface area contributed by atoms with Crippen LogP contribution >= 0.6 is 0 Å². The molecule has 0 aliphatic carbocycles. The normalized spacial score (nSPS) is 18.1. The Morgan fingerprint density at radius 2 is 2.00 bits per heavy atom. The minimum absolute atomic E-state index is 0.000313. The Morgan fingerprint density at radius 1 is 1.10 bits per heavy atom. The monoisotopic (exact) mass is 415 g/mol. The fraction of sp³-hybridized carbons (Fsp3) is 0.320. The first-order valence-electron chi connectivity index (χ1n) is 10.8. The number of rotatable bonds is 4. The van der Waals surface area contributed by atoms with E-state index in [1.807, 2.05) is 47.4 Å². The van der Waals surface area contributed by atoms with Crippen molar-refractivity contribution in [2.75, 3.05) is 26.3 Å². The van der Waals surface area contributed by atoms with Crippen LogP contribution in [0.15, 0.2) is 54.7 Å². The van der Waals surface area contributed by atoms with E-state index in [0.29, 0.717) is 44.1 Å². The zero-order valence-electron chi connectivity index (χ0n) is 17.3. The molecule has 1 saturated heterocycles. The van der Waals surface area contributed by atoms with Crippen LogP contribution in [-0.2, 0) is 17.7 Å². The number of aromatic nitrogens is 1. The maximum Gasteiger partial charge on any atom is 0.254 e. The number of nitrogens with one attached hydrogen (secondary N) is 1. The first kappa shape index (κ1) is 19.7. The smallest absolute Gasteiger partial charge is 0.254 e. The number of amides is 2. The van der Waals surface area contributed by atoms with Crippen molar-refractivity contribution in [1.29, 1.82) is 0 Å². The number of fused-ring (bicyclic) bond motifs is 2. The van der Waals surface area contributed by atoms with Crippen molar-refractivity contribution in [1.82, 2.24) is 15.2 Å². The molecule has 1 aromatic heterocycles. The molecule has 3 heterocycles. The molecule has 2 amide bonds. The van der Waals surface area contributed by atoms with Gasteiger partial charge in [0.1, 0.15) is 0 Å². The molecule has 2 aliphatic heterocycles. The highest BCUT2D eigenvalue weighted by atomic mass is 16.5. The number of hydrogen-bond acceptors (Lipinski definition) is 4. The van der Waals surface area contributed by atoms with Crippen LogP contribution in [0.25, 0.3) is 10.9 Å². The Hall–Kier alpha value is -3.25. The zero-order valence-corrected chi connectivity index (χ0v) is 17.3. The number of carbonyl (C=O) groups is 2. The molecule has 6 nitrogen and oxygen atoms in total. The Labute approximate surface area is 181 Å². The van der Waals surface area contributed by atoms with Gasteiger partial charge in [-0.25, -0.2) is 0 Å². The van der Waals surface area contributed by atoms with Crippen molar-refractivity contribution in [2.24, 2.45) is 5.92 Å². The highest BCUT2D eigenvalue weighted by molar-refractivity contribution is 6.06. The molecule has 31 heavy (non-hydrogen) atoms. The van der Waals surface area contributed by atoms with Crippen molar-refractivity contribution >= 4 is 22.7 Å². The molecule has 3 aromatic rings. The van der Waals surface area contributed by atoms with Crippen LogP contribution in [0.3, 0.4) is 0 Å². The minimum Gasteiger partial charge on any atom is -0.381 e. The molecule has 0 spiro atoms. The number of hydrogen-bond donors (Lipinski definition) is 1. The standard InChI is InChI=1S/C25H25N3O3/c29-24(27-14-17-10-13-31-16-17)21-6-3-4-18-15-28(12-9-19(18)21)25(30)22-8-11-26-23-7-2-1-5-20(22)23/h1-8,11,17H,9-10,12-16H2,(H,27,29). The summed E-state index contributed by atoms with van der Waals surface area (Å²) in [5, 5.41) is 3.93. The molecule has 0 radical (unpaired) electrons. The zero-order chi connectivity index (χ0) is 21.2. The molecule has 2 aromatic carbocycles. The SMILES string of the molecule is O=C(NCC1CCOC1)c1cccc2c1CCN(C(=O)c1ccnc3ccccc13)C2. The topological polar surface area (TPSA) is 71.5 Å². The average molecular weight is 415 g/mol. The maximum absolute atomic E-state index is 13.3. The van der Waals surface area contributed by atoms with E-state index in [4.69, 9.17) is 4.74 Å². The summed E-state index contributed by atoms with van der Waals surface area (Å²) in [6, 6.07) is 15.3. The van der Waals surface area contributed by atoms with Crippen molar-refractivity contribution in [3.63, 3.8) is 0 Å². The maximum atomic E-state index is 13.3.